The van der Waals surface area contributed by atoms with Gasteiger partial charge >= 0.3 is 0 Å². The quantitative estimate of drug-likeness (QED) is 0.508. The van der Waals surface area contributed by atoms with Gasteiger partial charge in [0.15, 0.2) is 5.78 Å². The van der Waals surface area contributed by atoms with E-state index in [4.69, 9.17) is 0 Å². The number of carbonyl (C=O) groups excluding carboxylic acids is 1. The van der Waals surface area contributed by atoms with Gasteiger partial charge < -0.3 is 0 Å². The van der Waals surface area contributed by atoms with Crippen molar-refractivity contribution in [1.29, 1.82) is 0 Å². The van der Waals surface area contributed by atoms with Gasteiger partial charge in [0, 0.05) is 0 Å². The lowest BCUT2D eigenvalue weighted by Gasteiger charge is -1.74. The van der Waals surface area contributed by atoms with E-state index in [9.17, 15) is 4.79 Å². The Morgan fingerprint density at radius 3 is 2.43 bits per heavy atom. The first-order chi connectivity index (χ1) is 3.27. The predicted octanol–water partition coefficient (Wildman–Crippen LogP) is 1.45. The molecule has 7 heavy (non-hydrogen) atoms. The summed E-state index contributed by atoms with van der Waals surface area (Å²) < 4.78 is 0. The smallest absolute Gasteiger partial charge is 0.153 e. The van der Waals surface area contributed by atoms with E-state index in [-0.39, 0.29) is 5.78 Å². The number of ketones is 1. The maximum absolute atomic E-state index is 10.1. The van der Waals surface area contributed by atoms with Gasteiger partial charge in [-0.1, -0.05) is 0 Å². The molecule has 0 fully saturated rings. The molecule has 40 valence electrons. The molecule has 0 aliphatic rings. The third kappa shape index (κ3) is 5.76. The van der Waals surface area contributed by atoms with Crippen LogP contribution in [0.5, 0.6) is 0 Å². The van der Waals surface area contributed by atoms with Crippen LogP contribution in [0.25, 0.3) is 0 Å². The lowest BCUT2D eigenvalue weighted by molar-refractivity contribution is -0.112. The van der Waals surface area contributed by atoms with E-state index in [2.05, 4.69) is 0 Å². The van der Waals surface area contributed by atoms with Gasteiger partial charge in [-0.05, 0) is 24.7 Å². The molecule has 0 aromatic carbocycles. The lowest BCUT2D eigenvalue weighted by atomic mass is 10.5. The van der Waals surface area contributed by atoms with E-state index in [1.807, 2.05) is 6.26 Å². The van der Waals surface area contributed by atoms with Gasteiger partial charge in [0.25, 0.3) is 0 Å². The maximum Gasteiger partial charge on any atom is 0.153 e. The van der Waals surface area contributed by atoms with Crippen LogP contribution in [0.3, 0.4) is 0 Å². The van der Waals surface area contributed by atoms with Crippen LogP contribution in [-0.2, 0) is 4.79 Å². The SMILES string of the molecule is CSC=CC(C)=O. The van der Waals surface area contributed by atoms with Crippen LogP contribution in [-0.4, -0.2) is 12.0 Å². The second-order valence-electron chi connectivity index (χ2n) is 1.15. The zero-order valence-electron chi connectivity index (χ0n) is 4.47. The number of hydrogen-bond donors (Lipinski definition) is 0. The van der Waals surface area contributed by atoms with Crippen molar-refractivity contribution in [2.75, 3.05) is 6.26 Å². The fourth-order valence-corrected chi connectivity index (χ4v) is 0.492. The van der Waals surface area contributed by atoms with Gasteiger partial charge in [0.05, 0.1) is 0 Å². The molecule has 0 unspecified atom stereocenters. The fraction of sp³-hybridized carbons (Fsp3) is 0.400. The van der Waals surface area contributed by atoms with Crippen molar-refractivity contribution in [3.05, 3.63) is 11.5 Å². The van der Waals surface area contributed by atoms with Crippen LogP contribution in [0.4, 0.5) is 0 Å². The molecular weight excluding hydrogens is 108 g/mol. The Labute approximate surface area is 47.8 Å². The molecule has 0 radical (unpaired) electrons. The van der Waals surface area contributed by atoms with Crippen molar-refractivity contribution in [3.63, 3.8) is 0 Å². The van der Waals surface area contributed by atoms with E-state index in [0.29, 0.717) is 0 Å². The summed E-state index contributed by atoms with van der Waals surface area (Å²) in [7, 11) is 0. The Morgan fingerprint density at radius 1 is 1.71 bits per heavy atom. The molecule has 0 saturated heterocycles. The molecule has 0 aliphatic carbocycles. The fourth-order valence-electron chi connectivity index (χ4n) is 0.164. The summed E-state index contributed by atoms with van der Waals surface area (Å²) in [5.41, 5.74) is 0. The third-order valence-electron chi connectivity index (χ3n) is 0.439. The van der Waals surface area contributed by atoms with Crippen LogP contribution < -0.4 is 0 Å². The first kappa shape index (κ1) is 6.76. The Kier molecular flexibility index (Phi) is 3.80. The van der Waals surface area contributed by atoms with Crippen LogP contribution in [0.2, 0.25) is 0 Å². The molecule has 0 aliphatic heterocycles. The molecule has 0 aromatic heterocycles. The second-order valence-corrected chi connectivity index (χ2v) is 1.89. The minimum absolute atomic E-state index is 0.106. The van der Waals surface area contributed by atoms with Gasteiger partial charge in [-0.2, -0.15) is 0 Å². The van der Waals surface area contributed by atoms with Crippen LogP contribution in [0, 0.1) is 0 Å². The molecule has 0 aromatic rings. The molecule has 0 amide bonds. The summed E-state index contributed by atoms with van der Waals surface area (Å²) >= 11 is 1.53. The Balaban J connectivity index is 3.26. The minimum atomic E-state index is 0.106. The largest absolute Gasteiger partial charge is 0.295 e. The van der Waals surface area contributed by atoms with Crippen LogP contribution in [0.15, 0.2) is 11.5 Å². The molecule has 0 spiro atoms. The normalized spacial score (nSPS) is 10.0. The first-order valence-corrected chi connectivity index (χ1v) is 3.26. The molecule has 0 saturated carbocycles. The number of rotatable bonds is 2. The summed E-state index contributed by atoms with van der Waals surface area (Å²) in [6.07, 6.45) is 3.46. The van der Waals surface area contributed by atoms with E-state index in [1.165, 1.54) is 18.7 Å². The van der Waals surface area contributed by atoms with Gasteiger partial charge in [-0.25, -0.2) is 0 Å². The van der Waals surface area contributed by atoms with Crippen molar-refractivity contribution < 1.29 is 4.79 Å². The molecular formula is C5H8OS. The third-order valence-corrected chi connectivity index (χ3v) is 0.847. The Hall–Kier alpha value is -0.240. The zero-order chi connectivity index (χ0) is 5.70. The highest BCUT2D eigenvalue weighted by Gasteiger charge is 1.75. The van der Waals surface area contributed by atoms with Gasteiger partial charge in [0.1, 0.15) is 0 Å². The van der Waals surface area contributed by atoms with E-state index in [1.54, 1.807) is 11.5 Å². The van der Waals surface area contributed by atoms with Crippen molar-refractivity contribution in [2.45, 2.75) is 6.92 Å². The summed E-state index contributed by atoms with van der Waals surface area (Å²) in [6.45, 7) is 1.53. The zero-order valence-corrected chi connectivity index (χ0v) is 5.29. The number of hydrogen-bond acceptors (Lipinski definition) is 2. The Morgan fingerprint density at radius 2 is 2.29 bits per heavy atom. The molecule has 1 nitrogen and oxygen atoms in total. The van der Waals surface area contributed by atoms with Crippen LogP contribution in [0.1, 0.15) is 6.92 Å². The summed E-state index contributed by atoms with van der Waals surface area (Å²) in [6, 6.07) is 0. The van der Waals surface area contributed by atoms with Crippen molar-refractivity contribution in [2.24, 2.45) is 0 Å². The van der Waals surface area contributed by atoms with Crippen LogP contribution >= 0.6 is 11.8 Å². The van der Waals surface area contributed by atoms with E-state index >= 15 is 0 Å². The van der Waals surface area contributed by atoms with Crippen molar-refractivity contribution >= 4 is 17.5 Å². The van der Waals surface area contributed by atoms with E-state index in [0.717, 1.165) is 0 Å². The summed E-state index contributed by atoms with van der Waals surface area (Å²) in [5.74, 6) is 0.106. The molecule has 0 N–H and O–H groups in total. The molecule has 0 heterocycles. The lowest BCUT2D eigenvalue weighted by Crippen LogP contribution is -1.76. The summed E-state index contributed by atoms with van der Waals surface area (Å²) in [5, 5.41) is 1.77. The summed E-state index contributed by atoms with van der Waals surface area (Å²) in [4.78, 5) is 10.1. The van der Waals surface area contributed by atoms with Gasteiger partial charge in [0.2, 0.25) is 0 Å². The minimum Gasteiger partial charge on any atom is -0.295 e. The first-order valence-electron chi connectivity index (χ1n) is 1.97. The second kappa shape index (κ2) is 3.93. The van der Waals surface area contributed by atoms with Crippen molar-refractivity contribution in [1.82, 2.24) is 0 Å². The number of carbonyl (C=O) groups is 1. The molecule has 0 bridgehead atoms. The standard InChI is InChI=1S/C5H8OS/c1-5(6)3-4-7-2/h3-4H,1-2H3. The van der Waals surface area contributed by atoms with Crippen molar-refractivity contribution in [3.8, 4) is 0 Å². The molecule has 2 heteroatoms. The van der Waals surface area contributed by atoms with E-state index < -0.39 is 0 Å². The average Bonchev–Trinajstić information content (AvgIpc) is 1.61. The molecule has 0 rings (SSSR count). The molecule has 0 atom stereocenters. The number of allylic oxidation sites excluding steroid dienone is 1. The highest BCUT2D eigenvalue weighted by molar-refractivity contribution is 8.01. The predicted molar refractivity (Wildman–Crippen MR) is 33.3 cm³/mol. The number of thioether (sulfide) groups is 1. The highest BCUT2D eigenvalue weighted by Crippen LogP contribution is 1.91. The van der Waals surface area contributed by atoms with Gasteiger partial charge in [-0.3, -0.25) is 4.79 Å². The average molecular weight is 116 g/mol. The monoisotopic (exact) mass is 116 g/mol. The maximum atomic E-state index is 10.1. The van der Waals surface area contributed by atoms with Gasteiger partial charge in [-0.15, -0.1) is 11.8 Å². The topological polar surface area (TPSA) is 17.1 Å². The Bertz CT molecular complexity index is 86.1. The highest BCUT2D eigenvalue weighted by atomic mass is 32.2.